The number of rotatable bonds is 0. The van der Waals surface area contributed by atoms with Gasteiger partial charge in [0, 0.05) is 18.6 Å². The Morgan fingerprint density at radius 1 is 1.50 bits per heavy atom. The highest BCUT2D eigenvalue weighted by molar-refractivity contribution is 9.10. The van der Waals surface area contributed by atoms with Gasteiger partial charge >= 0.3 is 0 Å². The lowest BCUT2D eigenvalue weighted by atomic mass is 10.7. The molecule has 2 aromatic heterocycles. The highest BCUT2D eigenvalue weighted by Gasteiger charge is 1.95. The van der Waals surface area contributed by atoms with Crippen molar-refractivity contribution < 1.29 is 0 Å². The highest BCUT2D eigenvalue weighted by atomic mass is 79.9. The van der Waals surface area contributed by atoms with Crippen molar-refractivity contribution in [2.45, 2.75) is 0 Å². The molecule has 0 bridgehead atoms. The van der Waals surface area contributed by atoms with E-state index in [1.807, 2.05) is 22.9 Å². The van der Waals surface area contributed by atoms with Gasteiger partial charge in [0.25, 0.3) is 0 Å². The van der Waals surface area contributed by atoms with E-state index in [1.165, 1.54) is 0 Å². The molecule has 0 aliphatic rings. The normalized spacial score (nSPS) is 10.5. The summed E-state index contributed by atoms with van der Waals surface area (Å²) in [5.41, 5.74) is 0. The number of hydrogen-bond donors (Lipinski definition) is 0. The molecule has 0 atom stereocenters. The van der Waals surface area contributed by atoms with Crippen LogP contribution < -0.4 is 0 Å². The summed E-state index contributed by atoms with van der Waals surface area (Å²) in [4.78, 5) is 8.11. The lowest BCUT2D eigenvalue weighted by Gasteiger charge is -1.85. The van der Waals surface area contributed by atoms with Crippen LogP contribution in [0.4, 0.5) is 0 Å². The molecule has 2 aromatic rings. The van der Waals surface area contributed by atoms with E-state index in [4.69, 9.17) is 0 Å². The molecular formula is C6H4BrN3. The minimum absolute atomic E-state index is 0.717. The third-order valence-electron chi connectivity index (χ3n) is 1.21. The topological polar surface area (TPSA) is 30.2 Å². The average molecular weight is 198 g/mol. The standard InChI is InChI=1S/C6H4BrN3/c7-5-4-10-3-1-2-8-6(10)9-5/h1-4H. The summed E-state index contributed by atoms with van der Waals surface area (Å²) >= 11 is 3.25. The molecule has 50 valence electrons. The molecular weight excluding hydrogens is 194 g/mol. The number of halogens is 1. The molecule has 0 saturated heterocycles. The summed E-state index contributed by atoms with van der Waals surface area (Å²) in [5.74, 6) is 0.717. The number of aromatic nitrogens is 3. The van der Waals surface area contributed by atoms with E-state index in [2.05, 4.69) is 25.9 Å². The van der Waals surface area contributed by atoms with E-state index in [0.29, 0.717) is 0 Å². The Morgan fingerprint density at radius 3 is 3.20 bits per heavy atom. The van der Waals surface area contributed by atoms with Crippen molar-refractivity contribution in [3.8, 4) is 0 Å². The van der Waals surface area contributed by atoms with Crippen molar-refractivity contribution in [3.63, 3.8) is 0 Å². The van der Waals surface area contributed by atoms with Gasteiger partial charge in [-0.05, 0) is 22.0 Å². The van der Waals surface area contributed by atoms with Crippen molar-refractivity contribution in [2.75, 3.05) is 0 Å². The van der Waals surface area contributed by atoms with Gasteiger partial charge in [-0.15, -0.1) is 0 Å². The van der Waals surface area contributed by atoms with Gasteiger partial charge in [-0.3, -0.25) is 4.40 Å². The Morgan fingerprint density at radius 2 is 2.40 bits per heavy atom. The minimum Gasteiger partial charge on any atom is -0.290 e. The number of hydrogen-bond acceptors (Lipinski definition) is 2. The Hall–Kier alpha value is -0.900. The molecule has 0 N–H and O–H groups in total. The fraction of sp³-hybridized carbons (Fsp3) is 0. The molecule has 3 nitrogen and oxygen atoms in total. The van der Waals surface area contributed by atoms with Crippen LogP contribution in [-0.2, 0) is 0 Å². The molecule has 10 heavy (non-hydrogen) atoms. The van der Waals surface area contributed by atoms with Gasteiger partial charge in [0.1, 0.15) is 4.60 Å². The molecule has 0 aliphatic heterocycles. The van der Waals surface area contributed by atoms with E-state index in [1.54, 1.807) is 6.20 Å². The van der Waals surface area contributed by atoms with Gasteiger partial charge in [-0.2, -0.15) is 0 Å². The Bertz CT molecular complexity index is 322. The molecule has 0 saturated carbocycles. The summed E-state index contributed by atoms with van der Waals surface area (Å²) in [6, 6.07) is 1.86. The zero-order valence-corrected chi connectivity index (χ0v) is 6.62. The van der Waals surface area contributed by atoms with E-state index < -0.39 is 0 Å². The lowest BCUT2D eigenvalue weighted by molar-refractivity contribution is 1.11. The maximum absolute atomic E-state index is 4.08. The zero-order chi connectivity index (χ0) is 6.97. The third kappa shape index (κ3) is 0.806. The van der Waals surface area contributed by atoms with Crippen molar-refractivity contribution in [1.29, 1.82) is 0 Å². The van der Waals surface area contributed by atoms with Crippen LogP contribution >= 0.6 is 15.9 Å². The minimum atomic E-state index is 0.717. The molecule has 0 spiro atoms. The van der Waals surface area contributed by atoms with Crippen molar-refractivity contribution in [2.24, 2.45) is 0 Å². The summed E-state index contributed by atoms with van der Waals surface area (Å²) in [5, 5.41) is 0. The molecule has 0 aromatic carbocycles. The van der Waals surface area contributed by atoms with Gasteiger partial charge in [0.15, 0.2) is 0 Å². The van der Waals surface area contributed by atoms with Crippen LogP contribution in [0.5, 0.6) is 0 Å². The van der Waals surface area contributed by atoms with E-state index >= 15 is 0 Å². The second kappa shape index (κ2) is 2.05. The second-order valence-electron chi connectivity index (χ2n) is 1.89. The van der Waals surface area contributed by atoms with Crippen LogP contribution in [0, 0.1) is 0 Å². The van der Waals surface area contributed by atoms with E-state index in [-0.39, 0.29) is 0 Å². The van der Waals surface area contributed by atoms with Crippen LogP contribution in [0.25, 0.3) is 5.78 Å². The molecule has 0 fully saturated rings. The van der Waals surface area contributed by atoms with Gasteiger partial charge in [0.2, 0.25) is 5.78 Å². The molecule has 0 radical (unpaired) electrons. The Labute approximate surface area is 65.9 Å². The Kier molecular flexibility index (Phi) is 1.20. The maximum Gasteiger partial charge on any atom is 0.234 e. The second-order valence-corrected chi connectivity index (χ2v) is 2.70. The highest BCUT2D eigenvalue weighted by Crippen LogP contribution is 2.07. The zero-order valence-electron chi connectivity index (χ0n) is 5.03. The molecule has 0 unspecified atom stereocenters. The maximum atomic E-state index is 4.08. The first-order chi connectivity index (χ1) is 4.86. The predicted octanol–water partition coefficient (Wildman–Crippen LogP) is 1.49. The van der Waals surface area contributed by atoms with Crippen LogP contribution in [0.2, 0.25) is 0 Å². The predicted molar refractivity (Wildman–Crippen MR) is 40.7 cm³/mol. The molecule has 0 amide bonds. The van der Waals surface area contributed by atoms with Crippen LogP contribution in [0.3, 0.4) is 0 Å². The lowest BCUT2D eigenvalue weighted by Crippen LogP contribution is -1.82. The van der Waals surface area contributed by atoms with Crippen molar-refractivity contribution in [3.05, 3.63) is 29.3 Å². The monoisotopic (exact) mass is 197 g/mol. The average Bonchev–Trinajstić information content (AvgIpc) is 2.27. The fourth-order valence-corrected chi connectivity index (χ4v) is 1.18. The van der Waals surface area contributed by atoms with Crippen LogP contribution in [0.1, 0.15) is 0 Å². The first-order valence-electron chi connectivity index (χ1n) is 2.81. The number of nitrogens with zero attached hydrogens (tertiary/aromatic N) is 3. The van der Waals surface area contributed by atoms with Crippen molar-refractivity contribution >= 4 is 21.7 Å². The van der Waals surface area contributed by atoms with Gasteiger partial charge < -0.3 is 0 Å². The summed E-state index contributed by atoms with van der Waals surface area (Å²) in [7, 11) is 0. The summed E-state index contributed by atoms with van der Waals surface area (Å²) in [6.07, 6.45) is 5.48. The van der Waals surface area contributed by atoms with Crippen LogP contribution in [0.15, 0.2) is 29.3 Å². The molecule has 2 heterocycles. The number of fused-ring (bicyclic) bond motifs is 1. The van der Waals surface area contributed by atoms with E-state index in [0.717, 1.165) is 10.4 Å². The van der Waals surface area contributed by atoms with Crippen LogP contribution in [-0.4, -0.2) is 14.4 Å². The smallest absolute Gasteiger partial charge is 0.234 e. The largest absolute Gasteiger partial charge is 0.290 e. The molecule has 4 heteroatoms. The third-order valence-corrected chi connectivity index (χ3v) is 1.59. The van der Waals surface area contributed by atoms with Crippen molar-refractivity contribution in [1.82, 2.24) is 14.4 Å². The summed E-state index contributed by atoms with van der Waals surface area (Å²) in [6.45, 7) is 0. The van der Waals surface area contributed by atoms with Gasteiger partial charge in [0.05, 0.1) is 0 Å². The Balaban J connectivity index is 2.88. The first-order valence-corrected chi connectivity index (χ1v) is 3.61. The first kappa shape index (κ1) is 5.85. The fourth-order valence-electron chi connectivity index (χ4n) is 0.801. The molecule has 0 aliphatic carbocycles. The number of imidazole rings is 1. The summed E-state index contributed by atoms with van der Waals surface area (Å²) < 4.78 is 2.66. The quantitative estimate of drug-likeness (QED) is 0.641. The molecule has 2 rings (SSSR count). The van der Waals surface area contributed by atoms with Gasteiger partial charge in [-0.25, -0.2) is 9.97 Å². The van der Waals surface area contributed by atoms with E-state index in [9.17, 15) is 0 Å². The van der Waals surface area contributed by atoms with Gasteiger partial charge in [-0.1, -0.05) is 0 Å². The SMILES string of the molecule is Brc1cn2cccnc2n1.